The molecule has 2 aromatic heterocycles. The smallest absolute Gasteiger partial charge is 0.222 e. The zero-order valence-electron chi connectivity index (χ0n) is 11.1. The number of benzene rings is 1. The molecule has 2 N–H and O–H groups in total. The summed E-state index contributed by atoms with van der Waals surface area (Å²) >= 11 is 0. The lowest BCUT2D eigenvalue weighted by molar-refractivity contribution is 0.602. The Morgan fingerprint density at radius 2 is 1.90 bits per heavy atom. The van der Waals surface area contributed by atoms with Crippen LogP contribution in [0.5, 0.6) is 0 Å². The minimum atomic E-state index is 0.629. The SMILES string of the molecule is CNCCNc1ncc(-c2ccc3ncoc3c2)cn1. The fraction of sp³-hybridized carbons (Fsp3) is 0.214. The molecule has 0 aliphatic rings. The first-order valence-electron chi connectivity index (χ1n) is 6.41. The van der Waals surface area contributed by atoms with Gasteiger partial charge in [-0.25, -0.2) is 15.0 Å². The lowest BCUT2D eigenvalue weighted by Crippen LogP contribution is -2.18. The van der Waals surface area contributed by atoms with Gasteiger partial charge in [0.2, 0.25) is 5.95 Å². The Kier molecular flexibility index (Phi) is 3.56. The summed E-state index contributed by atoms with van der Waals surface area (Å²) in [6.45, 7) is 1.66. The molecule has 0 saturated carbocycles. The van der Waals surface area contributed by atoms with E-state index >= 15 is 0 Å². The van der Waals surface area contributed by atoms with Crippen molar-refractivity contribution in [2.24, 2.45) is 0 Å². The molecule has 0 radical (unpaired) electrons. The molecule has 102 valence electrons. The Labute approximate surface area is 116 Å². The molecule has 0 spiro atoms. The molecular weight excluding hydrogens is 254 g/mol. The van der Waals surface area contributed by atoms with Gasteiger partial charge in [-0.15, -0.1) is 0 Å². The zero-order chi connectivity index (χ0) is 13.8. The summed E-state index contributed by atoms with van der Waals surface area (Å²) < 4.78 is 5.30. The van der Waals surface area contributed by atoms with Crippen LogP contribution in [0.3, 0.4) is 0 Å². The third kappa shape index (κ3) is 2.60. The van der Waals surface area contributed by atoms with Gasteiger partial charge in [-0.05, 0) is 24.7 Å². The van der Waals surface area contributed by atoms with E-state index in [1.807, 2.05) is 25.2 Å². The van der Waals surface area contributed by atoms with Crippen molar-refractivity contribution in [2.45, 2.75) is 0 Å². The van der Waals surface area contributed by atoms with Gasteiger partial charge in [0.15, 0.2) is 12.0 Å². The number of rotatable bonds is 5. The molecule has 0 atom stereocenters. The lowest BCUT2D eigenvalue weighted by Gasteiger charge is -2.05. The van der Waals surface area contributed by atoms with E-state index in [0.717, 1.165) is 35.3 Å². The van der Waals surface area contributed by atoms with Crippen LogP contribution in [0.2, 0.25) is 0 Å². The number of nitrogens with one attached hydrogen (secondary N) is 2. The van der Waals surface area contributed by atoms with E-state index < -0.39 is 0 Å². The van der Waals surface area contributed by atoms with Crippen LogP contribution in [0.4, 0.5) is 5.95 Å². The Morgan fingerprint density at radius 1 is 1.05 bits per heavy atom. The highest BCUT2D eigenvalue weighted by molar-refractivity contribution is 5.79. The Balaban J connectivity index is 1.79. The van der Waals surface area contributed by atoms with Crippen LogP contribution in [-0.4, -0.2) is 35.1 Å². The number of hydrogen-bond donors (Lipinski definition) is 2. The molecule has 6 nitrogen and oxygen atoms in total. The Morgan fingerprint density at radius 3 is 2.70 bits per heavy atom. The van der Waals surface area contributed by atoms with Crippen molar-refractivity contribution >= 4 is 17.0 Å². The van der Waals surface area contributed by atoms with Gasteiger partial charge in [-0.2, -0.15) is 0 Å². The summed E-state index contributed by atoms with van der Waals surface area (Å²) in [6, 6.07) is 5.85. The van der Waals surface area contributed by atoms with Crippen molar-refractivity contribution < 1.29 is 4.42 Å². The first kappa shape index (κ1) is 12.6. The van der Waals surface area contributed by atoms with Gasteiger partial charge in [-0.1, -0.05) is 6.07 Å². The molecule has 3 rings (SSSR count). The zero-order valence-corrected chi connectivity index (χ0v) is 11.1. The monoisotopic (exact) mass is 269 g/mol. The van der Waals surface area contributed by atoms with Crippen LogP contribution in [0.1, 0.15) is 0 Å². The van der Waals surface area contributed by atoms with Crippen LogP contribution in [0, 0.1) is 0 Å². The molecule has 0 amide bonds. The molecule has 0 saturated heterocycles. The van der Waals surface area contributed by atoms with E-state index in [4.69, 9.17) is 4.42 Å². The molecule has 20 heavy (non-hydrogen) atoms. The van der Waals surface area contributed by atoms with E-state index in [1.165, 1.54) is 6.39 Å². The van der Waals surface area contributed by atoms with Crippen molar-refractivity contribution in [3.63, 3.8) is 0 Å². The van der Waals surface area contributed by atoms with Crippen LogP contribution in [-0.2, 0) is 0 Å². The van der Waals surface area contributed by atoms with Gasteiger partial charge in [0.25, 0.3) is 0 Å². The topological polar surface area (TPSA) is 75.9 Å². The van der Waals surface area contributed by atoms with Gasteiger partial charge in [0.1, 0.15) is 5.52 Å². The summed E-state index contributed by atoms with van der Waals surface area (Å²) in [4.78, 5) is 12.7. The van der Waals surface area contributed by atoms with Crippen molar-refractivity contribution in [3.05, 3.63) is 37.0 Å². The summed E-state index contributed by atoms with van der Waals surface area (Å²) in [5, 5.41) is 6.19. The van der Waals surface area contributed by atoms with E-state index in [2.05, 4.69) is 25.6 Å². The van der Waals surface area contributed by atoms with Crippen molar-refractivity contribution in [3.8, 4) is 11.1 Å². The van der Waals surface area contributed by atoms with E-state index in [-0.39, 0.29) is 0 Å². The predicted octanol–water partition coefficient (Wildman–Crippen LogP) is 1.92. The number of likely N-dealkylation sites (N-methyl/N-ethyl adjacent to an activating group) is 1. The predicted molar refractivity (Wildman–Crippen MR) is 77.5 cm³/mol. The average Bonchev–Trinajstić information content (AvgIpc) is 2.96. The van der Waals surface area contributed by atoms with Gasteiger partial charge in [0, 0.05) is 31.0 Å². The van der Waals surface area contributed by atoms with E-state index in [0.29, 0.717) is 5.95 Å². The quantitative estimate of drug-likeness (QED) is 0.689. The lowest BCUT2D eigenvalue weighted by atomic mass is 10.1. The second-order valence-electron chi connectivity index (χ2n) is 4.36. The maximum Gasteiger partial charge on any atom is 0.222 e. The number of nitrogens with zero attached hydrogens (tertiary/aromatic N) is 3. The largest absolute Gasteiger partial charge is 0.443 e. The molecular formula is C14H15N5O. The molecule has 0 aliphatic carbocycles. The van der Waals surface area contributed by atoms with Gasteiger partial charge in [-0.3, -0.25) is 0 Å². The summed E-state index contributed by atoms with van der Waals surface area (Å²) in [5.74, 6) is 0.629. The van der Waals surface area contributed by atoms with Crippen LogP contribution in [0.15, 0.2) is 41.4 Å². The number of anilines is 1. The standard InChI is InChI=1S/C14H15N5O/c1-15-4-5-16-14-17-7-11(8-18-14)10-2-3-12-13(6-10)20-9-19-12/h2-3,6-9,15H,4-5H2,1H3,(H,16,17,18). The second kappa shape index (κ2) is 5.66. The maximum absolute atomic E-state index is 5.30. The molecule has 3 aromatic rings. The summed E-state index contributed by atoms with van der Waals surface area (Å²) in [6.07, 6.45) is 5.04. The highest BCUT2D eigenvalue weighted by Crippen LogP contribution is 2.23. The highest BCUT2D eigenvalue weighted by Gasteiger charge is 2.04. The van der Waals surface area contributed by atoms with Crippen molar-refractivity contribution in [1.29, 1.82) is 0 Å². The normalized spacial score (nSPS) is 10.8. The van der Waals surface area contributed by atoms with Crippen LogP contribution in [0.25, 0.3) is 22.2 Å². The molecule has 0 unspecified atom stereocenters. The van der Waals surface area contributed by atoms with Crippen LogP contribution < -0.4 is 10.6 Å². The molecule has 0 aliphatic heterocycles. The van der Waals surface area contributed by atoms with Gasteiger partial charge < -0.3 is 15.1 Å². The molecule has 6 heteroatoms. The Bertz CT molecular complexity index is 692. The molecule has 0 fully saturated rings. The third-order valence-electron chi connectivity index (χ3n) is 2.97. The average molecular weight is 269 g/mol. The third-order valence-corrected chi connectivity index (χ3v) is 2.97. The summed E-state index contributed by atoms with van der Waals surface area (Å²) in [7, 11) is 1.91. The molecule has 0 bridgehead atoms. The fourth-order valence-corrected chi connectivity index (χ4v) is 1.90. The summed E-state index contributed by atoms with van der Waals surface area (Å²) in [5.41, 5.74) is 3.57. The minimum Gasteiger partial charge on any atom is -0.443 e. The first-order valence-corrected chi connectivity index (χ1v) is 6.41. The highest BCUT2D eigenvalue weighted by atomic mass is 16.3. The number of aromatic nitrogens is 3. The number of hydrogen-bond acceptors (Lipinski definition) is 6. The molecule has 2 heterocycles. The Hall–Kier alpha value is -2.47. The van der Waals surface area contributed by atoms with Gasteiger partial charge >= 0.3 is 0 Å². The fourth-order valence-electron chi connectivity index (χ4n) is 1.90. The van der Waals surface area contributed by atoms with Gasteiger partial charge in [0.05, 0.1) is 0 Å². The number of oxazole rings is 1. The van der Waals surface area contributed by atoms with E-state index in [9.17, 15) is 0 Å². The van der Waals surface area contributed by atoms with Crippen LogP contribution >= 0.6 is 0 Å². The molecule has 1 aromatic carbocycles. The van der Waals surface area contributed by atoms with Crippen molar-refractivity contribution in [1.82, 2.24) is 20.3 Å². The maximum atomic E-state index is 5.30. The van der Waals surface area contributed by atoms with E-state index in [1.54, 1.807) is 12.4 Å². The van der Waals surface area contributed by atoms with Crippen molar-refractivity contribution in [2.75, 3.05) is 25.5 Å². The first-order chi connectivity index (χ1) is 9.86. The second-order valence-corrected chi connectivity index (χ2v) is 4.36. The number of fused-ring (bicyclic) bond motifs is 1. The minimum absolute atomic E-state index is 0.629.